The summed E-state index contributed by atoms with van der Waals surface area (Å²) < 4.78 is 5.21. The summed E-state index contributed by atoms with van der Waals surface area (Å²) in [7, 11) is 1.71. The van der Waals surface area contributed by atoms with Gasteiger partial charge in [0.15, 0.2) is 6.29 Å². The van der Waals surface area contributed by atoms with Crippen molar-refractivity contribution in [1.82, 2.24) is 0 Å². The highest BCUT2D eigenvalue weighted by Crippen LogP contribution is 2.16. The minimum Gasteiger partial charge on any atom is -0.497 e. The van der Waals surface area contributed by atoms with Gasteiger partial charge in [0, 0.05) is 11.4 Å². The Bertz CT molecular complexity index is 1020. The number of nitrogens with two attached hydrogens (primary N) is 1. The maximum atomic E-state index is 9.88. The molecule has 34 heavy (non-hydrogen) atoms. The molecule has 0 amide bonds. The highest BCUT2D eigenvalue weighted by molar-refractivity contribution is 7.11. The van der Waals surface area contributed by atoms with E-state index in [0.717, 1.165) is 34.5 Å². The van der Waals surface area contributed by atoms with Gasteiger partial charge in [-0.1, -0.05) is 48.5 Å². The first-order valence-corrected chi connectivity index (χ1v) is 12.5. The molecular weight excluding hydrogens is 486 g/mol. The van der Waals surface area contributed by atoms with E-state index in [-0.39, 0.29) is 19.0 Å². The van der Waals surface area contributed by atoms with E-state index in [1.54, 1.807) is 13.2 Å². The van der Waals surface area contributed by atoms with Gasteiger partial charge < -0.3 is 15.6 Å². The molecular formula is C27H32ClNO3S2. The number of aryl methyl sites for hydroxylation is 2. The summed E-state index contributed by atoms with van der Waals surface area (Å²) in [6.07, 6.45) is 4.35. The van der Waals surface area contributed by atoms with Gasteiger partial charge in [-0.25, -0.2) is 0 Å². The van der Waals surface area contributed by atoms with Crippen molar-refractivity contribution in [3.8, 4) is 5.75 Å². The second kappa shape index (κ2) is 17.9. The predicted molar refractivity (Wildman–Crippen MR) is 147 cm³/mol. The molecule has 3 N–H and O–H groups in total. The van der Waals surface area contributed by atoms with Crippen LogP contribution in [-0.2, 0) is 26.0 Å². The number of benzene rings is 2. The maximum absolute atomic E-state index is 9.88. The Morgan fingerprint density at radius 2 is 1.59 bits per heavy atom. The van der Waals surface area contributed by atoms with Gasteiger partial charge in [0.05, 0.1) is 18.6 Å². The molecule has 0 spiro atoms. The molecule has 4 rings (SSSR count). The first-order chi connectivity index (χ1) is 16.2. The van der Waals surface area contributed by atoms with Crippen molar-refractivity contribution in [2.24, 2.45) is 5.73 Å². The summed E-state index contributed by atoms with van der Waals surface area (Å²) >= 11 is 3.30. The van der Waals surface area contributed by atoms with Crippen LogP contribution in [0.2, 0.25) is 0 Å². The van der Waals surface area contributed by atoms with E-state index < -0.39 is 0 Å². The normalized spacial score (nSPS) is 9.50. The van der Waals surface area contributed by atoms with Gasteiger partial charge in [0.25, 0.3) is 0 Å². The molecule has 4 nitrogen and oxygen atoms in total. The van der Waals surface area contributed by atoms with Crippen LogP contribution in [0.25, 0.3) is 0 Å². The van der Waals surface area contributed by atoms with Crippen LogP contribution < -0.4 is 10.5 Å². The number of halogens is 1. The quantitative estimate of drug-likeness (QED) is 0.260. The fraction of sp³-hybridized carbons (Fsp3) is 0.222. The van der Waals surface area contributed by atoms with E-state index in [0.29, 0.717) is 6.54 Å². The van der Waals surface area contributed by atoms with E-state index in [9.17, 15) is 4.79 Å². The van der Waals surface area contributed by atoms with Crippen molar-refractivity contribution in [2.45, 2.75) is 32.4 Å². The number of hydrogen-bond acceptors (Lipinski definition) is 6. The van der Waals surface area contributed by atoms with Crippen LogP contribution in [-0.4, -0.2) is 18.5 Å². The summed E-state index contributed by atoms with van der Waals surface area (Å²) in [6.45, 7) is 0.627. The molecule has 0 unspecified atom stereocenters. The minimum atomic E-state index is 0. The Kier molecular flexibility index (Phi) is 15.6. The van der Waals surface area contributed by atoms with Gasteiger partial charge in [-0.15, -0.1) is 35.1 Å². The molecule has 0 aliphatic carbocycles. The van der Waals surface area contributed by atoms with Gasteiger partial charge in [-0.05, 0) is 71.0 Å². The molecule has 2 aromatic carbocycles. The number of aliphatic hydroxyl groups excluding tert-OH is 1. The SMILES string of the molecule is COc1cccc(CCCc2cccs2)c1.Cl.NCc1cccc(CO)c1.O=Cc1cccs1. The van der Waals surface area contributed by atoms with Crippen molar-refractivity contribution in [1.29, 1.82) is 0 Å². The first kappa shape index (κ1) is 29.6. The Hall–Kier alpha value is -2.48. The maximum Gasteiger partial charge on any atom is 0.159 e. The Morgan fingerprint density at radius 1 is 0.882 bits per heavy atom. The molecule has 0 bridgehead atoms. The van der Waals surface area contributed by atoms with Gasteiger partial charge in [-0.2, -0.15) is 0 Å². The number of thiophene rings is 2. The van der Waals surface area contributed by atoms with E-state index in [2.05, 4.69) is 35.7 Å². The molecule has 0 aliphatic heterocycles. The zero-order chi connectivity index (χ0) is 23.7. The predicted octanol–water partition coefficient (Wildman–Crippen LogP) is 6.55. The number of aldehydes is 1. The van der Waals surface area contributed by atoms with E-state index >= 15 is 0 Å². The summed E-state index contributed by atoms with van der Waals surface area (Å²) in [4.78, 5) is 12.1. The first-order valence-electron chi connectivity index (χ1n) is 10.7. The lowest BCUT2D eigenvalue weighted by molar-refractivity contribution is 0.112. The van der Waals surface area contributed by atoms with Crippen LogP contribution in [0.1, 0.15) is 37.7 Å². The van der Waals surface area contributed by atoms with Gasteiger partial charge in [0.1, 0.15) is 5.75 Å². The lowest BCUT2D eigenvalue weighted by atomic mass is 10.1. The zero-order valence-corrected chi connectivity index (χ0v) is 21.7. The molecule has 2 aromatic heterocycles. The second-order valence-electron chi connectivity index (χ2n) is 7.10. The van der Waals surface area contributed by atoms with Crippen LogP contribution in [0.5, 0.6) is 5.75 Å². The minimum absolute atomic E-state index is 0. The summed E-state index contributed by atoms with van der Waals surface area (Å²) in [5, 5.41) is 12.7. The third kappa shape index (κ3) is 11.6. The van der Waals surface area contributed by atoms with Crippen molar-refractivity contribution in [3.05, 3.63) is 110 Å². The monoisotopic (exact) mass is 517 g/mol. The number of aliphatic hydroxyl groups is 1. The molecule has 0 saturated carbocycles. The van der Waals surface area contributed by atoms with Crippen molar-refractivity contribution < 1.29 is 14.6 Å². The fourth-order valence-electron chi connectivity index (χ4n) is 2.96. The lowest BCUT2D eigenvalue weighted by Gasteiger charge is -2.03. The molecule has 4 aromatic rings. The number of hydrogen-bond donors (Lipinski definition) is 2. The summed E-state index contributed by atoms with van der Waals surface area (Å²) in [6, 6.07) is 23.9. The van der Waals surface area contributed by atoms with Crippen molar-refractivity contribution in [2.75, 3.05) is 7.11 Å². The Balaban J connectivity index is 0.000000275. The van der Waals surface area contributed by atoms with Gasteiger partial charge >= 0.3 is 0 Å². The molecule has 0 fully saturated rings. The molecule has 0 radical (unpaired) electrons. The smallest absolute Gasteiger partial charge is 0.159 e. The number of methoxy groups -OCH3 is 1. The summed E-state index contributed by atoms with van der Waals surface area (Å²) in [5.74, 6) is 0.952. The van der Waals surface area contributed by atoms with Crippen LogP contribution in [0.4, 0.5) is 0 Å². The number of carbonyl (C=O) groups excluding carboxylic acids is 1. The second-order valence-corrected chi connectivity index (χ2v) is 9.11. The third-order valence-corrected chi connectivity index (χ3v) is 6.41. The number of rotatable bonds is 8. The fourth-order valence-corrected chi connectivity index (χ4v) is 4.24. The van der Waals surface area contributed by atoms with E-state index in [1.165, 1.54) is 34.6 Å². The van der Waals surface area contributed by atoms with Crippen molar-refractivity contribution in [3.63, 3.8) is 0 Å². The molecule has 0 saturated heterocycles. The molecule has 7 heteroatoms. The Labute approximate surface area is 216 Å². The van der Waals surface area contributed by atoms with Gasteiger partial charge in [-0.3, -0.25) is 4.79 Å². The van der Waals surface area contributed by atoms with Crippen LogP contribution in [0.15, 0.2) is 83.6 Å². The standard InChI is InChI=1S/C14H16OS.C8H11NO.C5H4OS.ClH/c1-15-13-7-2-5-12(11-13)6-3-8-14-9-4-10-16-14;9-5-7-2-1-3-8(4-7)6-10;6-4-5-2-1-3-7-5;/h2,4-5,7,9-11H,3,6,8H2,1H3;1-4,10H,5-6,9H2;1-4H;1H. The van der Waals surface area contributed by atoms with E-state index in [1.807, 2.05) is 53.1 Å². The highest BCUT2D eigenvalue weighted by Gasteiger charge is 1.98. The average molecular weight is 518 g/mol. The van der Waals surface area contributed by atoms with Crippen LogP contribution in [0, 0.1) is 0 Å². The highest BCUT2D eigenvalue weighted by atomic mass is 35.5. The molecule has 2 heterocycles. The molecule has 0 aliphatic rings. The zero-order valence-electron chi connectivity index (χ0n) is 19.3. The third-order valence-electron chi connectivity index (χ3n) is 4.67. The largest absolute Gasteiger partial charge is 0.497 e. The lowest BCUT2D eigenvalue weighted by Crippen LogP contribution is -1.96. The van der Waals surface area contributed by atoms with Crippen LogP contribution >= 0.6 is 35.1 Å². The van der Waals surface area contributed by atoms with Crippen LogP contribution in [0.3, 0.4) is 0 Å². The Morgan fingerprint density at radius 3 is 2.18 bits per heavy atom. The summed E-state index contributed by atoms with van der Waals surface area (Å²) in [5.41, 5.74) is 8.73. The molecule has 182 valence electrons. The topological polar surface area (TPSA) is 72.6 Å². The van der Waals surface area contributed by atoms with Gasteiger partial charge in [0.2, 0.25) is 0 Å². The number of ether oxygens (including phenoxy) is 1. The van der Waals surface area contributed by atoms with Crippen molar-refractivity contribution >= 4 is 41.4 Å². The molecule has 0 atom stereocenters. The van der Waals surface area contributed by atoms with E-state index in [4.69, 9.17) is 15.6 Å². The average Bonchev–Trinajstić information content (AvgIpc) is 3.59. The number of carbonyl (C=O) groups is 1.